The average molecular weight is 282 g/mol. The molecule has 1 fully saturated rings. The smallest absolute Gasteiger partial charge is 0.142 e. The zero-order chi connectivity index (χ0) is 14.5. The molecule has 110 valence electrons. The Morgan fingerprint density at radius 1 is 1.10 bits per heavy atom. The van der Waals surface area contributed by atoms with Crippen LogP contribution >= 0.6 is 0 Å². The van der Waals surface area contributed by atoms with Crippen molar-refractivity contribution in [1.29, 1.82) is 0 Å². The molecule has 1 aliphatic heterocycles. The molecule has 3 rings (SSSR count). The Morgan fingerprint density at radius 2 is 1.86 bits per heavy atom. The lowest BCUT2D eigenvalue weighted by atomic mass is 10.0. The lowest BCUT2D eigenvalue weighted by Gasteiger charge is -2.36. The van der Waals surface area contributed by atoms with E-state index < -0.39 is 0 Å². The summed E-state index contributed by atoms with van der Waals surface area (Å²) in [5, 5.41) is 3.62. The maximum absolute atomic E-state index is 5.49. The van der Waals surface area contributed by atoms with Gasteiger partial charge in [0.05, 0.1) is 12.8 Å². The zero-order valence-corrected chi connectivity index (χ0v) is 12.5. The van der Waals surface area contributed by atoms with Gasteiger partial charge in [0.2, 0.25) is 0 Å². The molecule has 2 aromatic carbocycles. The number of rotatable bonds is 4. The molecule has 0 amide bonds. The van der Waals surface area contributed by atoms with Crippen LogP contribution in [-0.4, -0.2) is 32.8 Å². The summed E-state index contributed by atoms with van der Waals surface area (Å²) in [4.78, 5) is 2.42. The average Bonchev–Trinajstić information content (AvgIpc) is 2.56. The van der Waals surface area contributed by atoms with Gasteiger partial charge in [0.15, 0.2) is 0 Å². The lowest BCUT2D eigenvalue weighted by molar-refractivity contribution is 0.407. The number of benzene rings is 2. The third kappa shape index (κ3) is 3.37. The Kier molecular flexibility index (Phi) is 4.41. The minimum atomic E-state index is 0.478. The molecule has 0 bridgehead atoms. The first-order chi connectivity index (χ1) is 10.4. The van der Waals surface area contributed by atoms with Crippen molar-refractivity contribution in [1.82, 2.24) is 5.32 Å². The van der Waals surface area contributed by atoms with Gasteiger partial charge in [0.1, 0.15) is 5.75 Å². The van der Waals surface area contributed by atoms with Gasteiger partial charge in [-0.2, -0.15) is 0 Å². The van der Waals surface area contributed by atoms with Gasteiger partial charge < -0.3 is 15.0 Å². The van der Waals surface area contributed by atoms with Gasteiger partial charge in [0.25, 0.3) is 0 Å². The molecule has 0 aromatic heterocycles. The van der Waals surface area contributed by atoms with E-state index in [1.165, 1.54) is 11.3 Å². The van der Waals surface area contributed by atoms with E-state index in [1.54, 1.807) is 7.11 Å². The van der Waals surface area contributed by atoms with Crippen molar-refractivity contribution in [3.05, 3.63) is 60.2 Å². The number of anilines is 1. The second-order valence-electron chi connectivity index (χ2n) is 5.46. The van der Waals surface area contributed by atoms with E-state index in [4.69, 9.17) is 4.74 Å². The normalized spacial score (nSPS) is 18.5. The molecule has 0 spiro atoms. The van der Waals surface area contributed by atoms with E-state index in [0.717, 1.165) is 31.8 Å². The van der Waals surface area contributed by atoms with Crippen molar-refractivity contribution in [3.8, 4) is 5.75 Å². The predicted molar refractivity (Wildman–Crippen MR) is 87.1 cm³/mol. The summed E-state index contributed by atoms with van der Waals surface area (Å²) in [6.45, 7) is 3.04. The van der Waals surface area contributed by atoms with Crippen molar-refractivity contribution in [2.75, 3.05) is 31.6 Å². The van der Waals surface area contributed by atoms with Crippen molar-refractivity contribution < 1.29 is 4.74 Å². The number of ether oxygens (including phenoxy) is 1. The summed E-state index contributed by atoms with van der Waals surface area (Å²) >= 11 is 0. The van der Waals surface area contributed by atoms with Crippen LogP contribution in [0.1, 0.15) is 5.56 Å². The Hall–Kier alpha value is -2.00. The zero-order valence-electron chi connectivity index (χ0n) is 12.5. The number of nitrogens with one attached hydrogen (secondary N) is 1. The summed E-state index contributed by atoms with van der Waals surface area (Å²) in [6, 6.07) is 19.4. The maximum atomic E-state index is 5.49. The molecule has 1 unspecified atom stereocenters. The molecule has 0 radical (unpaired) electrons. The van der Waals surface area contributed by atoms with Crippen LogP contribution in [0.2, 0.25) is 0 Å². The van der Waals surface area contributed by atoms with E-state index in [0.29, 0.717) is 6.04 Å². The van der Waals surface area contributed by atoms with Gasteiger partial charge >= 0.3 is 0 Å². The molecular weight excluding hydrogens is 260 g/mol. The number of nitrogens with zero attached hydrogens (tertiary/aromatic N) is 1. The van der Waals surface area contributed by atoms with Gasteiger partial charge in [-0.15, -0.1) is 0 Å². The van der Waals surface area contributed by atoms with Gasteiger partial charge in [-0.05, 0) is 24.1 Å². The standard InChI is InChI=1S/C18H22N2O/c1-21-18-10-6-5-9-17(18)20-12-11-19-16(14-20)13-15-7-3-2-4-8-15/h2-10,16,19H,11-14H2,1H3. The van der Waals surface area contributed by atoms with Crippen LogP contribution in [0.15, 0.2) is 54.6 Å². The van der Waals surface area contributed by atoms with E-state index in [1.807, 2.05) is 12.1 Å². The maximum Gasteiger partial charge on any atom is 0.142 e. The minimum Gasteiger partial charge on any atom is -0.495 e. The summed E-state index contributed by atoms with van der Waals surface area (Å²) in [6.07, 6.45) is 1.06. The number of hydrogen-bond donors (Lipinski definition) is 1. The summed E-state index contributed by atoms with van der Waals surface area (Å²) in [5.74, 6) is 0.956. The van der Waals surface area contributed by atoms with E-state index in [-0.39, 0.29) is 0 Å². The fraction of sp³-hybridized carbons (Fsp3) is 0.333. The third-order valence-electron chi connectivity index (χ3n) is 4.01. The van der Waals surface area contributed by atoms with E-state index >= 15 is 0 Å². The Balaban J connectivity index is 1.71. The van der Waals surface area contributed by atoms with Crippen LogP contribution in [0.3, 0.4) is 0 Å². The van der Waals surface area contributed by atoms with Gasteiger partial charge in [-0.1, -0.05) is 42.5 Å². The summed E-state index contributed by atoms with van der Waals surface area (Å²) in [7, 11) is 1.74. The molecular formula is C18H22N2O. The van der Waals surface area contributed by atoms with Gasteiger partial charge in [-0.25, -0.2) is 0 Å². The van der Waals surface area contributed by atoms with Gasteiger partial charge in [0, 0.05) is 25.7 Å². The Labute approximate surface area is 126 Å². The van der Waals surface area contributed by atoms with Crippen molar-refractivity contribution in [3.63, 3.8) is 0 Å². The van der Waals surface area contributed by atoms with Gasteiger partial charge in [-0.3, -0.25) is 0 Å². The number of para-hydroxylation sites is 2. The van der Waals surface area contributed by atoms with E-state index in [2.05, 4.69) is 52.7 Å². The topological polar surface area (TPSA) is 24.5 Å². The largest absolute Gasteiger partial charge is 0.495 e. The number of hydrogen-bond acceptors (Lipinski definition) is 3. The van der Waals surface area contributed by atoms with Crippen LogP contribution in [0, 0.1) is 0 Å². The Bertz CT molecular complexity index is 570. The highest BCUT2D eigenvalue weighted by Crippen LogP contribution is 2.28. The number of methoxy groups -OCH3 is 1. The molecule has 21 heavy (non-hydrogen) atoms. The first kappa shape index (κ1) is 14.0. The van der Waals surface area contributed by atoms with Crippen molar-refractivity contribution >= 4 is 5.69 Å². The molecule has 2 aromatic rings. The second-order valence-corrected chi connectivity index (χ2v) is 5.46. The summed E-state index contributed by atoms with van der Waals surface area (Å²) < 4.78 is 5.49. The predicted octanol–water partition coefficient (Wildman–Crippen LogP) is 2.72. The molecule has 3 heteroatoms. The van der Waals surface area contributed by atoms with Crippen molar-refractivity contribution in [2.24, 2.45) is 0 Å². The van der Waals surface area contributed by atoms with Crippen LogP contribution in [-0.2, 0) is 6.42 Å². The first-order valence-electron chi connectivity index (χ1n) is 7.52. The second kappa shape index (κ2) is 6.64. The fourth-order valence-corrected chi connectivity index (χ4v) is 2.97. The molecule has 0 saturated carbocycles. The molecule has 1 heterocycles. The molecule has 0 aliphatic carbocycles. The minimum absolute atomic E-state index is 0.478. The van der Waals surface area contributed by atoms with E-state index in [9.17, 15) is 0 Å². The molecule has 3 nitrogen and oxygen atoms in total. The highest BCUT2D eigenvalue weighted by Gasteiger charge is 2.21. The third-order valence-corrected chi connectivity index (χ3v) is 4.01. The van der Waals surface area contributed by atoms with Crippen LogP contribution in [0.25, 0.3) is 0 Å². The quantitative estimate of drug-likeness (QED) is 0.933. The molecule has 1 saturated heterocycles. The SMILES string of the molecule is COc1ccccc1N1CCNC(Cc2ccccc2)C1. The Morgan fingerprint density at radius 3 is 2.67 bits per heavy atom. The monoisotopic (exact) mass is 282 g/mol. The lowest BCUT2D eigenvalue weighted by Crippen LogP contribution is -2.51. The van der Waals surface area contributed by atoms with Crippen LogP contribution < -0.4 is 15.0 Å². The summed E-state index contributed by atoms with van der Waals surface area (Å²) in [5.41, 5.74) is 2.58. The molecule has 1 aliphatic rings. The number of piperazine rings is 1. The molecule has 1 N–H and O–H groups in total. The van der Waals surface area contributed by atoms with Crippen LogP contribution in [0.4, 0.5) is 5.69 Å². The van der Waals surface area contributed by atoms with Crippen LogP contribution in [0.5, 0.6) is 5.75 Å². The fourth-order valence-electron chi connectivity index (χ4n) is 2.97. The van der Waals surface area contributed by atoms with Crippen molar-refractivity contribution in [2.45, 2.75) is 12.5 Å². The highest BCUT2D eigenvalue weighted by atomic mass is 16.5. The highest BCUT2D eigenvalue weighted by molar-refractivity contribution is 5.58. The molecule has 1 atom stereocenters. The first-order valence-corrected chi connectivity index (χ1v) is 7.52.